The zero-order valence-corrected chi connectivity index (χ0v) is 12.0. The fourth-order valence-corrected chi connectivity index (χ4v) is 1.57. The molecule has 0 aromatic heterocycles. The lowest BCUT2D eigenvalue weighted by atomic mass is 10.2. The minimum atomic E-state index is -0.870. The normalized spacial score (nSPS) is 16.6. The van der Waals surface area contributed by atoms with Gasteiger partial charge in [-0.3, -0.25) is 9.59 Å². The molecule has 0 amide bonds. The van der Waals surface area contributed by atoms with Crippen molar-refractivity contribution in [2.45, 2.75) is 51.4 Å². The van der Waals surface area contributed by atoms with E-state index in [1.54, 1.807) is 0 Å². The Morgan fingerprint density at radius 2 is 1.00 bits per heavy atom. The summed E-state index contributed by atoms with van der Waals surface area (Å²) in [4.78, 5) is 19.8. The molecule has 6 nitrogen and oxygen atoms in total. The highest BCUT2D eigenvalue weighted by Gasteiger charge is 1.99. The second-order valence-corrected chi connectivity index (χ2v) is 4.63. The van der Waals surface area contributed by atoms with Crippen LogP contribution in [0.25, 0.3) is 0 Å². The van der Waals surface area contributed by atoms with Gasteiger partial charge in [-0.1, -0.05) is 0 Å². The average molecular weight is 290 g/mol. The predicted octanol–water partition coefficient (Wildman–Crippen LogP) is 2.31. The zero-order chi connectivity index (χ0) is 15.1. The third-order valence-electron chi connectivity index (χ3n) is 2.69. The Labute approximate surface area is 120 Å². The van der Waals surface area contributed by atoms with Crippen molar-refractivity contribution >= 4 is 11.9 Å². The molecule has 0 aromatic carbocycles. The van der Waals surface area contributed by atoms with Gasteiger partial charge in [0.15, 0.2) is 0 Å². The van der Waals surface area contributed by atoms with Gasteiger partial charge in [0.05, 0.1) is 0 Å². The average Bonchev–Trinajstić information content (AvgIpc) is 3.09. The summed E-state index contributed by atoms with van der Waals surface area (Å²) in [6.07, 6.45) is 6.13. The van der Waals surface area contributed by atoms with Crippen LogP contribution in [0.5, 0.6) is 0 Å². The number of hydrogen-bond donors (Lipinski definition) is 2. The van der Waals surface area contributed by atoms with Crippen LogP contribution in [0.2, 0.25) is 0 Å². The van der Waals surface area contributed by atoms with Gasteiger partial charge in [0, 0.05) is 39.3 Å². The Morgan fingerprint density at radius 1 is 0.700 bits per heavy atom. The van der Waals surface area contributed by atoms with E-state index in [1.165, 1.54) is 25.7 Å². The quantitative estimate of drug-likeness (QED) is 0.755. The second-order valence-electron chi connectivity index (χ2n) is 4.63. The van der Waals surface area contributed by atoms with Gasteiger partial charge in [0.1, 0.15) is 0 Å². The van der Waals surface area contributed by atoms with Crippen LogP contribution in [0.1, 0.15) is 51.4 Å². The summed E-state index contributed by atoms with van der Waals surface area (Å²) >= 11 is 0. The van der Waals surface area contributed by atoms with E-state index in [-0.39, 0.29) is 12.8 Å². The first-order chi connectivity index (χ1) is 9.63. The van der Waals surface area contributed by atoms with Crippen LogP contribution in [0.4, 0.5) is 0 Å². The topological polar surface area (TPSA) is 93.1 Å². The monoisotopic (exact) mass is 290 g/mol. The molecule has 2 N–H and O–H groups in total. The standard InChI is InChI=1S/C6H10O4.2C4H8O/c7-5(8)3-1-2-4-6(9)10;2*1-2-4-5-3-1/h1-4H2,(H,7,8)(H,9,10);2*1-4H2. The number of ether oxygens (including phenoxy) is 2. The highest BCUT2D eigenvalue weighted by molar-refractivity contribution is 5.67. The molecule has 2 heterocycles. The number of hydrogen-bond acceptors (Lipinski definition) is 4. The first-order valence-corrected chi connectivity index (χ1v) is 7.22. The van der Waals surface area contributed by atoms with Crippen molar-refractivity contribution in [2.75, 3.05) is 26.4 Å². The number of unbranched alkanes of at least 4 members (excludes halogenated alkanes) is 1. The van der Waals surface area contributed by atoms with Gasteiger partial charge in [-0.25, -0.2) is 0 Å². The third-order valence-corrected chi connectivity index (χ3v) is 2.69. The fourth-order valence-electron chi connectivity index (χ4n) is 1.57. The van der Waals surface area contributed by atoms with Gasteiger partial charge in [0.2, 0.25) is 0 Å². The molecule has 0 bridgehead atoms. The van der Waals surface area contributed by atoms with Crippen LogP contribution in [-0.2, 0) is 19.1 Å². The van der Waals surface area contributed by atoms with E-state index >= 15 is 0 Å². The summed E-state index contributed by atoms with van der Waals surface area (Å²) in [5, 5.41) is 16.3. The highest BCUT2D eigenvalue weighted by atomic mass is 16.5. The lowest BCUT2D eigenvalue weighted by molar-refractivity contribution is -0.139. The smallest absolute Gasteiger partial charge is 0.303 e. The largest absolute Gasteiger partial charge is 0.481 e. The maximum Gasteiger partial charge on any atom is 0.303 e. The van der Waals surface area contributed by atoms with Crippen molar-refractivity contribution in [3.05, 3.63) is 0 Å². The van der Waals surface area contributed by atoms with E-state index in [4.69, 9.17) is 19.7 Å². The molecule has 2 rings (SSSR count). The van der Waals surface area contributed by atoms with Crippen molar-refractivity contribution in [2.24, 2.45) is 0 Å². The molecular formula is C14H26O6. The summed E-state index contributed by atoms with van der Waals surface area (Å²) < 4.78 is 9.89. The van der Waals surface area contributed by atoms with E-state index in [2.05, 4.69) is 0 Å². The summed E-state index contributed by atoms with van der Waals surface area (Å²) in [6.45, 7) is 4.00. The first-order valence-electron chi connectivity index (χ1n) is 7.22. The van der Waals surface area contributed by atoms with Crippen molar-refractivity contribution < 1.29 is 29.3 Å². The molecule has 6 heteroatoms. The molecule has 2 saturated heterocycles. The maximum absolute atomic E-state index is 9.90. The van der Waals surface area contributed by atoms with E-state index in [9.17, 15) is 9.59 Å². The fraction of sp³-hybridized carbons (Fsp3) is 0.857. The molecule has 0 aromatic rings. The van der Waals surface area contributed by atoms with Crippen LogP contribution in [0.3, 0.4) is 0 Å². The van der Waals surface area contributed by atoms with E-state index in [0.29, 0.717) is 12.8 Å². The summed E-state index contributed by atoms with van der Waals surface area (Å²) in [7, 11) is 0. The minimum absolute atomic E-state index is 0.0628. The lowest BCUT2D eigenvalue weighted by Crippen LogP contribution is -1.97. The van der Waals surface area contributed by atoms with Gasteiger partial charge < -0.3 is 19.7 Å². The Hall–Kier alpha value is -1.14. The first kappa shape index (κ1) is 18.9. The van der Waals surface area contributed by atoms with Gasteiger partial charge in [0.25, 0.3) is 0 Å². The Morgan fingerprint density at radius 3 is 1.15 bits per heavy atom. The molecular weight excluding hydrogens is 264 g/mol. The van der Waals surface area contributed by atoms with Crippen LogP contribution in [0.15, 0.2) is 0 Å². The third kappa shape index (κ3) is 16.9. The van der Waals surface area contributed by atoms with Gasteiger partial charge >= 0.3 is 11.9 Å². The van der Waals surface area contributed by atoms with Crippen molar-refractivity contribution in [1.29, 1.82) is 0 Å². The molecule has 0 radical (unpaired) electrons. The number of aliphatic carboxylic acids is 2. The molecule has 0 spiro atoms. The van der Waals surface area contributed by atoms with Crippen LogP contribution < -0.4 is 0 Å². The predicted molar refractivity (Wildman–Crippen MR) is 73.8 cm³/mol. The zero-order valence-electron chi connectivity index (χ0n) is 12.0. The SMILES string of the molecule is C1CCOC1.C1CCOC1.O=C(O)CCCCC(=O)O. The molecule has 20 heavy (non-hydrogen) atoms. The Balaban J connectivity index is 0.000000298. The molecule has 0 atom stereocenters. The van der Waals surface area contributed by atoms with E-state index in [1.807, 2.05) is 0 Å². The molecule has 2 fully saturated rings. The van der Waals surface area contributed by atoms with Gasteiger partial charge in [-0.2, -0.15) is 0 Å². The van der Waals surface area contributed by atoms with Crippen molar-refractivity contribution in [1.82, 2.24) is 0 Å². The van der Waals surface area contributed by atoms with Crippen LogP contribution in [0, 0.1) is 0 Å². The highest BCUT2D eigenvalue weighted by Crippen LogP contribution is 1.99. The molecule has 118 valence electrons. The summed E-state index contributed by atoms with van der Waals surface area (Å²) in [5.41, 5.74) is 0. The summed E-state index contributed by atoms with van der Waals surface area (Å²) in [5.74, 6) is -1.74. The van der Waals surface area contributed by atoms with Crippen LogP contribution in [-0.4, -0.2) is 48.6 Å². The number of carboxylic acids is 2. The van der Waals surface area contributed by atoms with Gasteiger partial charge in [-0.05, 0) is 38.5 Å². The number of carboxylic acid groups (broad SMARTS) is 2. The van der Waals surface area contributed by atoms with E-state index in [0.717, 1.165) is 26.4 Å². The molecule has 2 aliphatic rings. The van der Waals surface area contributed by atoms with Gasteiger partial charge in [-0.15, -0.1) is 0 Å². The van der Waals surface area contributed by atoms with Crippen molar-refractivity contribution in [3.63, 3.8) is 0 Å². The van der Waals surface area contributed by atoms with E-state index < -0.39 is 11.9 Å². The number of rotatable bonds is 5. The Kier molecular flexibility index (Phi) is 13.5. The lowest BCUT2D eigenvalue weighted by Gasteiger charge is -1.92. The summed E-state index contributed by atoms with van der Waals surface area (Å²) in [6, 6.07) is 0. The minimum Gasteiger partial charge on any atom is -0.481 e. The second kappa shape index (κ2) is 14.3. The van der Waals surface area contributed by atoms with Crippen molar-refractivity contribution in [3.8, 4) is 0 Å². The maximum atomic E-state index is 9.90. The van der Waals surface area contributed by atoms with Crippen LogP contribution >= 0.6 is 0 Å². The Bertz CT molecular complexity index is 205. The molecule has 0 saturated carbocycles. The molecule has 0 aliphatic carbocycles. The molecule has 0 unspecified atom stereocenters. The number of carbonyl (C=O) groups is 2. The molecule has 2 aliphatic heterocycles.